The van der Waals surface area contributed by atoms with Crippen molar-refractivity contribution in [2.75, 3.05) is 13.1 Å². The number of nitrogens with zero attached hydrogens (tertiary/aromatic N) is 1. The molecule has 0 spiro atoms. The average molecular weight is 379 g/mol. The average Bonchev–Trinajstić information content (AvgIpc) is 3.10. The maximum absolute atomic E-state index is 13.3. The van der Waals surface area contributed by atoms with Gasteiger partial charge in [0, 0.05) is 24.0 Å². The van der Waals surface area contributed by atoms with Gasteiger partial charge in [-0.3, -0.25) is 9.59 Å². The van der Waals surface area contributed by atoms with Gasteiger partial charge in [-0.05, 0) is 24.6 Å². The van der Waals surface area contributed by atoms with Crippen LogP contribution in [0.4, 0.5) is 17.6 Å². The Balaban J connectivity index is 1.95. The van der Waals surface area contributed by atoms with Gasteiger partial charge in [0.2, 0.25) is 0 Å². The molecule has 1 atom stereocenters. The summed E-state index contributed by atoms with van der Waals surface area (Å²) in [6, 6.07) is 3.57. The first-order valence-electron chi connectivity index (χ1n) is 7.13. The smallest absolute Gasteiger partial charge is 0.406 e. The van der Waals surface area contributed by atoms with Crippen molar-refractivity contribution < 1.29 is 32.3 Å². The minimum atomic E-state index is -5.00. The highest BCUT2D eigenvalue weighted by molar-refractivity contribution is 6.38. The van der Waals surface area contributed by atoms with Crippen molar-refractivity contribution in [3.63, 3.8) is 0 Å². The molecule has 1 amide bonds. The summed E-state index contributed by atoms with van der Waals surface area (Å²) in [6.45, 7) is -1.39. The Labute approximate surface area is 143 Å². The van der Waals surface area contributed by atoms with Gasteiger partial charge in [0.1, 0.15) is 11.5 Å². The molecule has 25 heavy (non-hydrogen) atoms. The van der Waals surface area contributed by atoms with Gasteiger partial charge >= 0.3 is 12.1 Å². The Morgan fingerprint density at radius 1 is 1.32 bits per heavy atom. The minimum absolute atomic E-state index is 0.126. The van der Waals surface area contributed by atoms with Crippen molar-refractivity contribution >= 4 is 34.4 Å². The number of amides is 1. The van der Waals surface area contributed by atoms with Gasteiger partial charge in [0.25, 0.3) is 5.91 Å². The first kappa shape index (κ1) is 17.5. The third kappa shape index (κ3) is 2.62. The molecular formula is C15H11ClF4N2O3. The number of alkyl halides is 3. The number of carbonyl (C=O) groups excluding carboxylic acids is 1. The maximum Gasteiger partial charge on any atom is 0.406 e. The van der Waals surface area contributed by atoms with E-state index in [4.69, 9.17) is 16.7 Å². The van der Waals surface area contributed by atoms with Gasteiger partial charge in [0.15, 0.2) is 5.41 Å². The zero-order valence-corrected chi connectivity index (χ0v) is 13.2. The van der Waals surface area contributed by atoms with Gasteiger partial charge in [-0.2, -0.15) is 13.2 Å². The molecule has 2 heterocycles. The Kier molecular flexibility index (Phi) is 3.94. The van der Waals surface area contributed by atoms with Crippen LogP contribution in [0.1, 0.15) is 16.9 Å². The molecule has 1 fully saturated rings. The number of aromatic amines is 1. The third-order valence-electron chi connectivity index (χ3n) is 4.42. The number of rotatable bonds is 2. The maximum atomic E-state index is 13.3. The molecule has 0 aliphatic carbocycles. The second-order valence-corrected chi connectivity index (χ2v) is 6.24. The van der Waals surface area contributed by atoms with E-state index >= 15 is 0 Å². The number of benzene rings is 1. The number of hydrogen-bond acceptors (Lipinski definition) is 2. The molecule has 2 N–H and O–H groups in total. The van der Waals surface area contributed by atoms with E-state index in [2.05, 4.69) is 4.98 Å². The number of carboxylic acid groups (broad SMARTS) is 1. The van der Waals surface area contributed by atoms with Gasteiger partial charge in [-0.15, -0.1) is 0 Å². The van der Waals surface area contributed by atoms with Crippen LogP contribution in [0.25, 0.3) is 10.9 Å². The summed E-state index contributed by atoms with van der Waals surface area (Å²) in [5.74, 6) is -3.48. The first-order valence-corrected chi connectivity index (χ1v) is 7.51. The van der Waals surface area contributed by atoms with Crippen LogP contribution in [0.2, 0.25) is 5.02 Å². The summed E-state index contributed by atoms with van der Waals surface area (Å²) in [5, 5.41) is 9.12. The summed E-state index contributed by atoms with van der Waals surface area (Å²) in [6.07, 6.45) is -5.74. The predicted molar refractivity (Wildman–Crippen MR) is 79.9 cm³/mol. The largest absolute Gasteiger partial charge is 0.481 e. The molecule has 1 aromatic carbocycles. The number of likely N-dealkylation sites (tertiary alicyclic amines) is 1. The van der Waals surface area contributed by atoms with Gasteiger partial charge in [-0.1, -0.05) is 11.6 Å². The number of carboxylic acids is 1. The lowest BCUT2D eigenvalue weighted by Crippen LogP contribution is -2.47. The molecule has 1 aliphatic heterocycles. The zero-order valence-electron chi connectivity index (χ0n) is 12.5. The molecule has 1 unspecified atom stereocenters. The van der Waals surface area contributed by atoms with Crippen LogP contribution in [0.5, 0.6) is 0 Å². The van der Waals surface area contributed by atoms with Crippen molar-refractivity contribution in [3.8, 4) is 0 Å². The highest BCUT2D eigenvalue weighted by atomic mass is 35.5. The Morgan fingerprint density at radius 2 is 2.00 bits per heavy atom. The van der Waals surface area contributed by atoms with Crippen LogP contribution in [0, 0.1) is 11.2 Å². The number of aromatic nitrogens is 1. The van der Waals surface area contributed by atoms with Crippen LogP contribution in [0.15, 0.2) is 18.2 Å². The number of fused-ring (bicyclic) bond motifs is 1. The highest BCUT2D eigenvalue weighted by Gasteiger charge is 2.64. The summed E-state index contributed by atoms with van der Waals surface area (Å²) in [7, 11) is 0. The fraction of sp³-hybridized carbons (Fsp3) is 0.333. The minimum Gasteiger partial charge on any atom is -0.481 e. The number of aliphatic carboxylic acids is 1. The lowest BCUT2D eigenvalue weighted by atomic mass is 9.86. The molecule has 1 saturated heterocycles. The summed E-state index contributed by atoms with van der Waals surface area (Å²) >= 11 is 6.04. The van der Waals surface area contributed by atoms with Crippen molar-refractivity contribution in [3.05, 3.63) is 34.7 Å². The van der Waals surface area contributed by atoms with Gasteiger partial charge in [-0.25, -0.2) is 4.39 Å². The van der Waals surface area contributed by atoms with Crippen molar-refractivity contribution in [1.29, 1.82) is 0 Å². The van der Waals surface area contributed by atoms with Crippen LogP contribution in [-0.4, -0.2) is 46.1 Å². The zero-order chi connectivity index (χ0) is 18.6. The predicted octanol–water partition coefficient (Wildman–Crippen LogP) is 3.44. The summed E-state index contributed by atoms with van der Waals surface area (Å²) in [5.41, 5.74) is -2.87. The number of H-pyrrole nitrogens is 1. The molecule has 0 bridgehead atoms. The molecule has 0 radical (unpaired) electrons. The Morgan fingerprint density at radius 3 is 2.56 bits per heavy atom. The molecule has 5 nitrogen and oxygen atoms in total. The van der Waals surface area contributed by atoms with Gasteiger partial charge < -0.3 is 15.0 Å². The number of halogens is 5. The number of carbonyl (C=O) groups is 2. The van der Waals surface area contributed by atoms with E-state index < -0.39 is 42.3 Å². The van der Waals surface area contributed by atoms with Crippen molar-refractivity contribution in [2.45, 2.75) is 12.6 Å². The molecule has 1 aromatic heterocycles. The van der Waals surface area contributed by atoms with E-state index in [0.717, 1.165) is 17.0 Å². The highest BCUT2D eigenvalue weighted by Crippen LogP contribution is 2.46. The second kappa shape index (κ2) is 5.62. The van der Waals surface area contributed by atoms with Gasteiger partial charge in [0.05, 0.1) is 5.02 Å². The number of nitrogens with one attached hydrogen (secondary N) is 1. The molecule has 10 heteroatoms. The normalized spacial score (nSPS) is 21.1. The topological polar surface area (TPSA) is 73.4 Å². The van der Waals surface area contributed by atoms with Crippen LogP contribution < -0.4 is 0 Å². The summed E-state index contributed by atoms with van der Waals surface area (Å²) < 4.78 is 52.9. The summed E-state index contributed by atoms with van der Waals surface area (Å²) in [4.78, 5) is 27.1. The van der Waals surface area contributed by atoms with Crippen LogP contribution in [0.3, 0.4) is 0 Å². The van der Waals surface area contributed by atoms with E-state index in [0.29, 0.717) is 5.52 Å². The molecule has 2 aromatic rings. The quantitative estimate of drug-likeness (QED) is 0.786. The molecule has 134 valence electrons. The lowest BCUT2D eigenvalue weighted by molar-refractivity contribution is -0.227. The second-order valence-electron chi connectivity index (χ2n) is 5.87. The molecular weight excluding hydrogens is 368 g/mol. The van der Waals surface area contributed by atoms with Crippen molar-refractivity contribution in [2.24, 2.45) is 5.41 Å². The monoisotopic (exact) mass is 378 g/mol. The SMILES string of the molecule is O=C(c1[nH]c2ccc(F)cc2c1Cl)N1CCC(C(=O)O)(C(F)(F)F)C1. The van der Waals surface area contributed by atoms with Crippen molar-refractivity contribution in [1.82, 2.24) is 9.88 Å². The molecule has 0 saturated carbocycles. The van der Waals surface area contributed by atoms with E-state index in [-0.39, 0.29) is 22.6 Å². The van der Waals surface area contributed by atoms with E-state index in [1.807, 2.05) is 0 Å². The van der Waals surface area contributed by atoms with E-state index in [9.17, 15) is 27.2 Å². The standard InChI is InChI=1S/C15H11ClF4N2O3/c16-10-8-5-7(17)1-2-9(8)21-11(10)12(23)22-4-3-14(6-22,13(24)25)15(18,19)20/h1-2,5,21H,3-4,6H2,(H,24,25). The fourth-order valence-electron chi connectivity index (χ4n) is 2.95. The molecule has 1 aliphatic rings. The fourth-order valence-corrected chi connectivity index (χ4v) is 3.23. The third-order valence-corrected chi connectivity index (χ3v) is 4.81. The van der Waals surface area contributed by atoms with Crippen LogP contribution in [-0.2, 0) is 4.79 Å². The van der Waals surface area contributed by atoms with E-state index in [1.165, 1.54) is 6.07 Å². The van der Waals surface area contributed by atoms with Crippen LogP contribution >= 0.6 is 11.6 Å². The van der Waals surface area contributed by atoms with E-state index in [1.54, 1.807) is 0 Å². The molecule has 3 rings (SSSR count). The Bertz CT molecular complexity index is 880. The lowest BCUT2D eigenvalue weighted by Gasteiger charge is -2.27. The first-order chi connectivity index (χ1) is 11.6. The number of hydrogen-bond donors (Lipinski definition) is 2. The Hall–Kier alpha value is -2.29.